The van der Waals surface area contributed by atoms with Crippen LogP contribution < -0.4 is 0 Å². The van der Waals surface area contributed by atoms with Gasteiger partial charge in [-0.1, -0.05) is 17.7 Å². The molecule has 4 heterocycles. The number of likely N-dealkylation sites (tertiary alicyclic amines) is 1. The Balaban J connectivity index is 1.66. The summed E-state index contributed by atoms with van der Waals surface area (Å²) in [5, 5.41) is 4.53. The zero-order chi connectivity index (χ0) is 16.5. The van der Waals surface area contributed by atoms with E-state index in [9.17, 15) is 4.79 Å². The van der Waals surface area contributed by atoms with Gasteiger partial charge in [-0.3, -0.25) is 13.9 Å². The number of hydrogen-bond donors (Lipinski definition) is 0. The molecule has 24 heavy (non-hydrogen) atoms. The Kier molecular flexibility index (Phi) is 3.98. The Hall–Kier alpha value is -2.34. The molecule has 3 aromatic heterocycles. The van der Waals surface area contributed by atoms with Crippen LogP contribution in [0.25, 0.3) is 5.65 Å². The van der Waals surface area contributed by atoms with Gasteiger partial charge < -0.3 is 4.90 Å². The van der Waals surface area contributed by atoms with Crippen LogP contribution in [-0.2, 0) is 6.54 Å². The average molecular weight is 344 g/mol. The maximum Gasteiger partial charge on any atom is 0.274 e. The van der Waals surface area contributed by atoms with Crippen molar-refractivity contribution < 1.29 is 4.79 Å². The molecule has 0 aromatic carbocycles. The topological polar surface area (TPSA) is 55.4 Å². The van der Waals surface area contributed by atoms with Crippen molar-refractivity contribution in [3.63, 3.8) is 0 Å². The number of rotatable bonds is 3. The lowest BCUT2D eigenvalue weighted by atomic mass is 10.0. The van der Waals surface area contributed by atoms with Crippen LogP contribution in [-0.4, -0.2) is 42.6 Å². The number of carbonyl (C=O) groups is 1. The zero-order valence-corrected chi connectivity index (χ0v) is 13.9. The van der Waals surface area contributed by atoms with Gasteiger partial charge in [0.1, 0.15) is 5.65 Å². The van der Waals surface area contributed by atoms with Gasteiger partial charge in [0.2, 0.25) is 0 Å². The van der Waals surface area contributed by atoms with Gasteiger partial charge in [0.05, 0.1) is 12.6 Å². The highest BCUT2D eigenvalue weighted by Gasteiger charge is 2.31. The molecular formula is C17H18ClN5O. The summed E-state index contributed by atoms with van der Waals surface area (Å²) in [7, 11) is 0. The van der Waals surface area contributed by atoms with E-state index in [-0.39, 0.29) is 17.1 Å². The van der Waals surface area contributed by atoms with Crippen molar-refractivity contribution in [1.82, 2.24) is 24.1 Å². The Labute approximate surface area is 144 Å². The minimum Gasteiger partial charge on any atom is -0.332 e. The van der Waals surface area contributed by atoms with E-state index in [1.165, 1.54) is 0 Å². The lowest BCUT2D eigenvalue weighted by Gasteiger charge is -2.35. The number of aromatic nitrogens is 4. The number of fused-ring (bicyclic) bond motifs is 1. The van der Waals surface area contributed by atoms with Gasteiger partial charge in [0.25, 0.3) is 5.91 Å². The molecule has 6 nitrogen and oxygen atoms in total. The Morgan fingerprint density at radius 2 is 2.17 bits per heavy atom. The molecule has 4 rings (SSSR count). The minimum atomic E-state index is -0.0597. The number of carbonyl (C=O) groups excluding carboxylic acids is 1. The second-order valence-corrected chi connectivity index (χ2v) is 6.41. The van der Waals surface area contributed by atoms with Crippen molar-refractivity contribution >= 4 is 23.2 Å². The van der Waals surface area contributed by atoms with E-state index in [0.717, 1.165) is 25.8 Å². The van der Waals surface area contributed by atoms with E-state index in [4.69, 9.17) is 11.6 Å². The number of pyridine rings is 1. The Morgan fingerprint density at radius 3 is 3.00 bits per heavy atom. The predicted octanol–water partition coefficient (Wildman–Crippen LogP) is 2.88. The minimum absolute atomic E-state index is 0.0597. The van der Waals surface area contributed by atoms with Crippen molar-refractivity contribution in [2.75, 3.05) is 6.54 Å². The zero-order valence-electron chi connectivity index (χ0n) is 13.2. The van der Waals surface area contributed by atoms with Crippen molar-refractivity contribution in [3.05, 3.63) is 53.7 Å². The number of nitrogens with zero attached hydrogens (tertiary/aromatic N) is 5. The molecule has 0 saturated carbocycles. The number of halogens is 1. The lowest BCUT2D eigenvalue weighted by molar-refractivity contribution is 0.0577. The first-order valence-electron chi connectivity index (χ1n) is 8.15. The molecule has 1 unspecified atom stereocenters. The fourth-order valence-corrected chi connectivity index (χ4v) is 3.64. The van der Waals surface area contributed by atoms with Gasteiger partial charge in [-0.15, -0.1) is 0 Å². The summed E-state index contributed by atoms with van der Waals surface area (Å²) >= 11 is 6.28. The van der Waals surface area contributed by atoms with Crippen LogP contribution in [0.15, 0.2) is 42.9 Å². The highest BCUT2D eigenvalue weighted by atomic mass is 35.5. The van der Waals surface area contributed by atoms with E-state index < -0.39 is 0 Å². The quantitative estimate of drug-likeness (QED) is 0.734. The smallest absolute Gasteiger partial charge is 0.274 e. The van der Waals surface area contributed by atoms with Crippen molar-refractivity contribution in [2.24, 2.45) is 0 Å². The van der Waals surface area contributed by atoms with Gasteiger partial charge in [-0.2, -0.15) is 5.10 Å². The number of imidazole rings is 1. The first-order chi connectivity index (χ1) is 11.7. The molecule has 1 aliphatic rings. The van der Waals surface area contributed by atoms with Crippen LogP contribution in [0.1, 0.15) is 29.8 Å². The van der Waals surface area contributed by atoms with Crippen molar-refractivity contribution in [3.8, 4) is 0 Å². The standard InChI is InChI=1S/C17H18ClN5O/c18-16-15(23-11-4-2-7-14(23)20-16)17(24)22-10-3-1-6-13(22)12-21-9-5-8-19-21/h2,4-5,7-9,11,13H,1,3,6,10,12H2. The fraction of sp³-hybridized carbons (Fsp3) is 0.353. The lowest BCUT2D eigenvalue weighted by Crippen LogP contribution is -2.46. The third-order valence-electron chi connectivity index (χ3n) is 4.53. The van der Waals surface area contributed by atoms with E-state index in [1.807, 2.05) is 46.2 Å². The molecule has 1 amide bonds. The maximum atomic E-state index is 13.2. The number of amides is 1. The molecule has 7 heteroatoms. The van der Waals surface area contributed by atoms with Crippen LogP contribution in [0, 0.1) is 0 Å². The molecule has 1 aliphatic heterocycles. The van der Waals surface area contributed by atoms with Gasteiger partial charge in [0, 0.05) is 25.1 Å². The van der Waals surface area contributed by atoms with Crippen molar-refractivity contribution in [2.45, 2.75) is 31.8 Å². The maximum absolute atomic E-state index is 13.2. The van der Waals surface area contributed by atoms with Crippen LogP contribution in [0.5, 0.6) is 0 Å². The van der Waals surface area contributed by atoms with Gasteiger partial charge >= 0.3 is 0 Å². The second kappa shape index (κ2) is 6.28. The summed E-state index contributed by atoms with van der Waals surface area (Å²) in [6, 6.07) is 7.63. The first kappa shape index (κ1) is 15.2. The molecular weight excluding hydrogens is 326 g/mol. The highest BCUT2D eigenvalue weighted by molar-refractivity contribution is 6.32. The number of piperidine rings is 1. The van der Waals surface area contributed by atoms with Gasteiger partial charge in [0.15, 0.2) is 10.8 Å². The summed E-state index contributed by atoms with van der Waals surface area (Å²) in [6.07, 6.45) is 8.62. The molecule has 1 atom stereocenters. The molecule has 0 spiro atoms. The second-order valence-electron chi connectivity index (χ2n) is 6.06. The third kappa shape index (κ3) is 2.67. The summed E-state index contributed by atoms with van der Waals surface area (Å²) in [5.74, 6) is -0.0597. The van der Waals surface area contributed by atoms with Crippen LogP contribution in [0.2, 0.25) is 5.15 Å². The van der Waals surface area contributed by atoms with Crippen LogP contribution >= 0.6 is 11.6 Å². The Bertz CT molecular complexity index is 857. The molecule has 0 bridgehead atoms. The molecule has 1 saturated heterocycles. The molecule has 124 valence electrons. The summed E-state index contributed by atoms with van der Waals surface area (Å²) in [4.78, 5) is 19.4. The predicted molar refractivity (Wildman–Crippen MR) is 91.1 cm³/mol. The molecule has 0 radical (unpaired) electrons. The fourth-order valence-electron chi connectivity index (χ4n) is 3.38. The Morgan fingerprint density at radius 1 is 1.25 bits per heavy atom. The highest BCUT2D eigenvalue weighted by Crippen LogP contribution is 2.25. The summed E-state index contributed by atoms with van der Waals surface area (Å²) in [6.45, 7) is 1.44. The SMILES string of the molecule is O=C(c1c(Cl)nc2ccccn12)N1CCCCC1Cn1cccn1. The first-order valence-corrected chi connectivity index (χ1v) is 8.53. The van der Waals surface area contributed by atoms with Gasteiger partial charge in [-0.25, -0.2) is 4.98 Å². The monoisotopic (exact) mass is 343 g/mol. The van der Waals surface area contributed by atoms with E-state index >= 15 is 0 Å². The molecule has 1 fully saturated rings. The summed E-state index contributed by atoms with van der Waals surface area (Å²) in [5.41, 5.74) is 1.13. The van der Waals surface area contributed by atoms with Gasteiger partial charge in [-0.05, 0) is 37.5 Å². The number of hydrogen-bond acceptors (Lipinski definition) is 3. The van der Waals surface area contributed by atoms with E-state index in [2.05, 4.69) is 10.1 Å². The average Bonchev–Trinajstić information content (AvgIpc) is 3.21. The summed E-state index contributed by atoms with van der Waals surface area (Å²) < 4.78 is 3.65. The molecule has 0 N–H and O–H groups in total. The normalized spacial score (nSPS) is 18.2. The largest absolute Gasteiger partial charge is 0.332 e. The molecule has 3 aromatic rings. The van der Waals surface area contributed by atoms with Crippen LogP contribution in [0.3, 0.4) is 0 Å². The van der Waals surface area contributed by atoms with E-state index in [1.54, 1.807) is 10.6 Å². The third-order valence-corrected chi connectivity index (χ3v) is 4.80. The van der Waals surface area contributed by atoms with Crippen molar-refractivity contribution in [1.29, 1.82) is 0 Å². The van der Waals surface area contributed by atoms with Crippen LogP contribution in [0.4, 0.5) is 0 Å². The van der Waals surface area contributed by atoms with E-state index in [0.29, 0.717) is 17.9 Å². The molecule has 0 aliphatic carbocycles.